The van der Waals surface area contributed by atoms with Crippen LogP contribution in [0.4, 0.5) is 5.82 Å². The molecule has 0 bridgehead atoms. The lowest BCUT2D eigenvalue weighted by atomic mass is 10.0. The molecule has 3 aliphatic rings. The van der Waals surface area contributed by atoms with Gasteiger partial charge in [-0.1, -0.05) is 12.8 Å². The van der Waals surface area contributed by atoms with Crippen LogP contribution in [0, 0.1) is 0 Å². The molecule has 2 fully saturated rings. The number of hydrogen-bond acceptors (Lipinski definition) is 5. The first-order valence-corrected chi connectivity index (χ1v) is 9.76. The molecule has 6 heteroatoms. The quantitative estimate of drug-likeness (QED) is 0.914. The Morgan fingerprint density at radius 1 is 1.12 bits per heavy atom. The number of likely N-dealkylation sites (tertiary alicyclic amines) is 1. The molecule has 1 atom stereocenters. The van der Waals surface area contributed by atoms with Gasteiger partial charge in [-0.25, -0.2) is 9.97 Å². The lowest BCUT2D eigenvalue weighted by Crippen LogP contribution is -2.39. The van der Waals surface area contributed by atoms with Crippen LogP contribution >= 0.6 is 0 Å². The van der Waals surface area contributed by atoms with Crippen molar-refractivity contribution in [3.8, 4) is 0 Å². The maximum absolute atomic E-state index is 11.9. The molecule has 136 valence electrons. The summed E-state index contributed by atoms with van der Waals surface area (Å²) in [7, 11) is 1.94. The largest absolute Gasteiger partial charge is 0.373 e. The summed E-state index contributed by atoms with van der Waals surface area (Å²) in [6, 6.07) is 0.781. The summed E-state index contributed by atoms with van der Waals surface area (Å²) in [6.45, 7) is 4.52. The van der Waals surface area contributed by atoms with Crippen molar-refractivity contribution in [3.63, 3.8) is 0 Å². The van der Waals surface area contributed by atoms with Gasteiger partial charge in [-0.05, 0) is 25.7 Å². The lowest BCUT2D eigenvalue weighted by Gasteiger charge is -2.34. The number of carbonyl (C=O) groups excluding carboxylic acids is 1. The third kappa shape index (κ3) is 3.12. The first kappa shape index (κ1) is 16.8. The predicted molar refractivity (Wildman–Crippen MR) is 97.3 cm³/mol. The Morgan fingerprint density at radius 2 is 1.92 bits per heavy atom. The third-order valence-corrected chi connectivity index (χ3v) is 6.14. The monoisotopic (exact) mass is 343 g/mol. The first-order chi connectivity index (χ1) is 12.2. The molecule has 2 aliphatic heterocycles. The minimum absolute atomic E-state index is 0.0442. The van der Waals surface area contributed by atoms with E-state index in [4.69, 9.17) is 9.97 Å². The number of nitrogens with zero attached hydrogens (tertiary/aromatic N) is 4. The first-order valence-electron chi connectivity index (χ1n) is 9.76. The van der Waals surface area contributed by atoms with E-state index in [2.05, 4.69) is 10.2 Å². The Hall–Kier alpha value is -1.69. The summed E-state index contributed by atoms with van der Waals surface area (Å²) in [6.07, 6.45) is 8.39. The van der Waals surface area contributed by atoms with Crippen LogP contribution in [0.1, 0.15) is 68.6 Å². The number of hydrogen-bond donors (Lipinski definition) is 1. The zero-order valence-corrected chi connectivity index (χ0v) is 15.4. The molecule has 0 spiro atoms. The summed E-state index contributed by atoms with van der Waals surface area (Å²) in [4.78, 5) is 26.2. The van der Waals surface area contributed by atoms with Crippen LogP contribution in [0.5, 0.6) is 0 Å². The molecule has 0 aromatic carbocycles. The van der Waals surface area contributed by atoms with Crippen LogP contribution in [-0.2, 0) is 17.8 Å². The Kier molecular flexibility index (Phi) is 4.63. The van der Waals surface area contributed by atoms with Gasteiger partial charge in [0.25, 0.3) is 0 Å². The fourth-order valence-electron chi connectivity index (χ4n) is 4.80. The van der Waals surface area contributed by atoms with Crippen molar-refractivity contribution in [1.82, 2.24) is 19.8 Å². The van der Waals surface area contributed by atoms with Crippen molar-refractivity contribution in [2.24, 2.45) is 0 Å². The third-order valence-electron chi connectivity index (χ3n) is 6.14. The average Bonchev–Trinajstić information content (AvgIpc) is 3.31. The van der Waals surface area contributed by atoms with Crippen LogP contribution in [0.3, 0.4) is 0 Å². The summed E-state index contributed by atoms with van der Waals surface area (Å²) >= 11 is 0. The van der Waals surface area contributed by atoms with E-state index >= 15 is 0 Å². The van der Waals surface area contributed by atoms with Crippen molar-refractivity contribution in [2.45, 2.75) is 70.5 Å². The van der Waals surface area contributed by atoms with Gasteiger partial charge in [-0.2, -0.15) is 0 Å². The van der Waals surface area contributed by atoms with Crippen molar-refractivity contribution >= 4 is 11.7 Å². The molecule has 3 heterocycles. The standard InChI is InChI=1S/C19H29N5O/c1-13(25)24-10-5-8-17(24)19-21-16-9-11-23(14-6-3-4-7-14)12-15(16)18(20-2)22-19/h14,17H,3-12H2,1-2H3,(H,20,21,22). The molecule has 4 rings (SSSR count). The lowest BCUT2D eigenvalue weighted by molar-refractivity contribution is -0.129. The maximum Gasteiger partial charge on any atom is 0.220 e. The predicted octanol–water partition coefficient (Wildman–Crippen LogP) is 2.50. The number of carbonyl (C=O) groups is 1. The van der Waals surface area contributed by atoms with Gasteiger partial charge >= 0.3 is 0 Å². The van der Waals surface area contributed by atoms with Crippen molar-refractivity contribution in [1.29, 1.82) is 0 Å². The minimum atomic E-state index is 0.0442. The molecule has 1 aromatic heterocycles. The van der Waals surface area contributed by atoms with E-state index in [-0.39, 0.29) is 11.9 Å². The topological polar surface area (TPSA) is 61.4 Å². The molecule has 1 N–H and O–H groups in total. The Morgan fingerprint density at radius 3 is 2.64 bits per heavy atom. The highest BCUT2D eigenvalue weighted by Crippen LogP contribution is 2.34. The van der Waals surface area contributed by atoms with Gasteiger partial charge in [-0.3, -0.25) is 9.69 Å². The molecule has 1 aromatic rings. The molecular formula is C19H29N5O. The van der Waals surface area contributed by atoms with E-state index in [1.807, 2.05) is 11.9 Å². The molecule has 25 heavy (non-hydrogen) atoms. The van der Waals surface area contributed by atoms with E-state index in [0.717, 1.165) is 56.6 Å². The van der Waals surface area contributed by atoms with Gasteiger partial charge < -0.3 is 10.2 Å². The van der Waals surface area contributed by atoms with Crippen LogP contribution in [-0.4, -0.2) is 51.9 Å². The van der Waals surface area contributed by atoms with Crippen molar-refractivity contribution in [3.05, 3.63) is 17.1 Å². The zero-order valence-electron chi connectivity index (χ0n) is 15.4. The maximum atomic E-state index is 11.9. The van der Waals surface area contributed by atoms with Gasteiger partial charge in [0.1, 0.15) is 5.82 Å². The summed E-state index contributed by atoms with van der Waals surface area (Å²) in [5.74, 6) is 1.91. The highest BCUT2D eigenvalue weighted by atomic mass is 16.2. The number of anilines is 1. The van der Waals surface area contributed by atoms with Crippen molar-refractivity contribution in [2.75, 3.05) is 25.5 Å². The molecule has 1 saturated carbocycles. The zero-order chi connectivity index (χ0) is 17.4. The Labute approximate surface area is 150 Å². The second-order valence-electron chi connectivity index (χ2n) is 7.63. The summed E-state index contributed by atoms with van der Waals surface area (Å²) in [5.41, 5.74) is 2.44. The fraction of sp³-hybridized carbons (Fsp3) is 0.737. The number of rotatable bonds is 3. The molecule has 0 radical (unpaired) electrons. The average molecular weight is 343 g/mol. The summed E-state index contributed by atoms with van der Waals surface area (Å²) in [5, 5.41) is 3.29. The van der Waals surface area contributed by atoms with Gasteiger partial charge in [0.05, 0.1) is 11.7 Å². The number of aromatic nitrogens is 2. The van der Waals surface area contributed by atoms with E-state index in [0.29, 0.717) is 0 Å². The fourth-order valence-corrected chi connectivity index (χ4v) is 4.80. The normalized spacial score (nSPS) is 24.6. The molecule has 6 nitrogen and oxygen atoms in total. The van der Waals surface area contributed by atoms with Crippen LogP contribution in [0.25, 0.3) is 0 Å². The van der Waals surface area contributed by atoms with E-state index in [9.17, 15) is 4.79 Å². The number of fused-ring (bicyclic) bond motifs is 1. The summed E-state index contributed by atoms with van der Waals surface area (Å²) < 4.78 is 0. The van der Waals surface area contributed by atoms with Crippen molar-refractivity contribution < 1.29 is 4.79 Å². The molecule has 1 saturated heterocycles. The van der Waals surface area contributed by atoms with Gasteiger partial charge in [0.2, 0.25) is 5.91 Å². The smallest absolute Gasteiger partial charge is 0.220 e. The Balaban J connectivity index is 1.62. The van der Waals surface area contributed by atoms with Crippen LogP contribution < -0.4 is 5.32 Å². The van der Waals surface area contributed by atoms with Gasteiger partial charge in [0, 0.05) is 51.6 Å². The Bertz CT molecular complexity index is 638. The van der Waals surface area contributed by atoms with E-state index in [1.165, 1.54) is 36.9 Å². The molecule has 1 aliphatic carbocycles. The molecule has 1 unspecified atom stereocenters. The second-order valence-corrected chi connectivity index (χ2v) is 7.63. The number of amides is 1. The molecular weight excluding hydrogens is 314 g/mol. The van der Waals surface area contributed by atoms with Gasteiger partial charge in [-0.15, -0.1) is 0 Å². The van der Waals surface area contributed by atoms with Gasteiger partial charge in [0.15, 0.2) is 5.82 Å². The second kappa shape index (κ2) is 6.90. The van der Waals surface area contributed by atoms with E-state index in [1.54, 1.807) is 6.92 Å². The number of nitrogens with one attached hydrogen (secondary N) is 1. The van der Waals surface area contributed by atoms with E-state index < -0.39 is 0 Å². The van der Waals surface area contributed by atoms with Crippen LogP contribution in [0.15, 0.2) is 0 Å². The SMILES string of the molecule is CNc1nc(C2CCCN2C(C)=O)nc2c1CN(C1CCCC1)CC2. The van der Waals surface area contributed by atoms with Crippen LogP contribution in [0.2, 0.25) is 0 Å². The highest BCUT2D eigenvalue weighted by Gasteiger charge is 2.33. The minimum Gasteiger partial charge on any atom is -0.373 e. The highest BCUT2D eigenvalue weighted by molar-refractivity contribution is 5.74. The molecule has 1 amide bonds.